The molecule has 0 amide bonds. The molecule has 0 fully saturated rings. The van der Waals surface area contributed by atoms with Gasteiger partial charge in [0.05, 0.1) is 0 Å². The van der Waals surface area contributed by atoms with Crippen LogP contribution in [0.1, 0.15) is 33.1 Å². The normalized spacial score (nSPS) is 13.4. The Hall–Kier alpha value is 0.310. The fourth-order valence-corrected chi connectivity index (χ4v) is 2.08. The first kappa shape index (κ1) is 11.3. The van der Waals surface area contributed by atoms with E-state index in [0.29, 0.717) is 0 Å². The molecule has 0 aliphatic rings. The van der Waals surface area contributed by atoms with Crippen molar-refractivity contribution in [3.05, 3.63) is 0 Å². The fourth-order valence-electron chi connectivity index (χ4n) is 0.995. The molecule has 0 aliphatic heterocycles. The van der Waals surface area contributed by atoms with E-state index in [1.807, 2.05) is 7.05 Å². The summed E-state index contributed by atoms with van der Waals surface area (Å²) < 4.78 is 0. The summed E-state index contributed by atoms with van der Waals surface area (Å²) in [4.78, 5) is 0. The van der Waals surface area contributed by atoms with Crippen LogP contribution in [0.2, 0.25) is 0 Å². The van der Waals surface area contributed by atoms with E-state index < -0.39 is 0 Å². The van der Waals surface area contributed by atoms with Crippen LogP contribution in [0.4, 0.5) is 0 Å². The summed E-state index contributed by atoms with van der Waals surface area (Å²) >= 11 is 2.12. The van der Waals surface area contributed by atoms with Gasteiger partial charge in [-0.25, -0.2) is 0 Å². The highest BCUT2D eigenvalue weighted by Crippen LogP contribution is 2.17. The molecule has 0 saturated heterocycles. The molecule has 1 atom stereocenters. The van der Waals surface area contributed by atoms with Gasteiger partial charge < -0.3 is 5.32 Å². The van der Waals surface area contributed by atoms with E-state index in [2.05, 4.69) is 30.9 Å². The molecule has 0 radical (unpaired) electrons. The van der Waals surface area contributed by atoms with E-state index in [4.69, 9.17) is 0 Å². The van der Waals surface area contributed by atoms with Gasteiger partial charge in [-0.15, -0.1) is 0 Å². The van der Waals surface area contributed by atoms with Crippen LogP contribution in [-0.4, -0.2) is 24.6 Å². The van der Waals surface area contributed by atoms with Gasteiger partial charge >= 0.3 is 0 Å². The molecule has 11 heavy (non-hydrogen) atoms. The Bertz CT molecular complexity index is 68.0. The lowest BCUT2D eigenvalue weighted by Gasteiger charge is -2.12. The van der Waals surface area contributed by atoms with Crippen LogP contribution in [0.15, 0.2) is 0 Å². The zero-order chi connectivity index (χ0) is 8.53. The molecular formula is C9H21NS. The zero-order valence-corrected chi connectivity index (χ0v) is 8.84. The fraction of sp³-hybridized carbons (Fsp3) is 1.00. The molecule has 0 bridgehead atoms. The third-order valence-electron chi connectivity index (χ3n) is 1.73. The number of rotatable bonds is 7. The summed E-state index contributed by atoms with van der Waals surface area (Å²) in [5.41, 5.74) is 0. The van der Waals surface area contributed by atoms with Gasteiger partial charge in [0, 0.05) is 5.25 Å². The molecule has 68 valence electrons. The number of nitrogens with one attached hydrogen (secondary N) is 1. The van der Waals surface area contributed by atoms with Gasteiger partial charge in [0.2, 0.25) is 0 Å². The van der Waals surface area contributed by atoms with E-state index in [1.165, 1.54) is 25.0 Å². The molecule has 1 N–H and O–H groups in total. The van der Waals surface area contributed by atoms with Crippen molar-refractivity contribution in [2.45, 2.75) is 38.4 Å². The minimum absolute atomic E-state index is 0.877. The Morgan fingerprint density at radius 1 is 1.36 bits per heavy atom. The second-order valence-corrected chi connectivity index (χ2v) is 4.20. The second kappa shape index (κ2) is 8.41. The number of thioether (sulfide) groups is 1. The predicted octanol–water partition coefficient (Wildman–Crippen LogP) is 2.52. The van der Waals surface area contributed by atoms with Crippen LogP contribution in [-0.2, 0) is 0 Å². The number of hydrogen-bond acceptors (Lipinski definition) is 2. The van der Waals surface area contributed by atoms with Crippen molar-refractivity contribution in [1.82, 2.24) is 5.32 Å². The van der Waals surface area contributed by atoms with E-state index in [9.17, 15) is 0 Å². The molecular weight excluding hydrogens is 154 g/mol. The Labute approximate surface area is 75.3 Å². The van der Waals surface area contributed by atoms with Crippen molar-refractivity contribution in [2.75, 3.05) is 19.3 Å². The Balaban J connectivity index is 3.25. The van der Waals surface area contributed by atoms with Crippen molar-refractivity contribution in [1.29, 1.82) is 0 Å². The predicted molar refractivity (Wildman–Crippen MR) is 55.4 cm³/mol. The lowest BCUT2D eigenvalue weighted by atomic mass is 10.2. The molecule has 0 aromatic carbocycles. The van der Waals surface area contributed by atoms with Gasteiger partial charge in [-0.2, -0.15) is 11.8 Å². The SMILES string of the molecule is CCCSC(CC)CCNC. The smallest absolute Gasteiger partial charge is 0.00564 e. The number of hydrogen-bond donors (Lipinski definition) is 1. The Kier molecular flexibility index (Phi) is 8.64. The van der Waals surface area contributed by atoms with E-state index in [1.54, 1.807) is 0 Å². The monoisotopic (exact) mass is 175 g/mol. The maximum atomic E-state index is 3.20. The third-order valence-corrected chi connectivity index (χ3v) is 3.41. The highest BCUT2D eigenvalue weighted by Gasteiger charge is 2.03. The maximum absolute atomic E-state index is 3.20. The lowest BCUT2D eigenvalue weighted by molar-refractivity contribution is 0.679. The van der Waals surface area contributed by atoms with Crippen LogP contribution < -0.4 is 5.32 Å². The average molecular weight is 175 g/mol. The van der Waals surface area contributed by atoms with Crippen LogP contribution in [0.3, 0.4) is 0 Å². The summed E-state index contributed by atoms with van der Waals surface area (Å²) in [6.45, 7) is 5.69. The first-order chi connectivity index (χ1) is 5.35. The maximum Gasteiger partial charge on any atom is 0.00564 e. The molecule has 0 heterocycles. The van der Waals surface area contributed by atoms with Gasteiger partial charge in [0.25, 0.3) is 0 Å². The minimum atomic E-state index is 0.877. The van der Waals surface area contributed by atoms with Crippen molar-refractivity contribution in [2.24, 2.45) is 0 Å². The van der Waals surface area contributed by atoms with Gasteiger partial charge in [0.15, 0.2) is 0 Å². The molecule has 1 nitrogen and oxygen atoms in total. The standard InChI is InChI=1S/C9H21NS/c1-4-8-11-9(5-2)6-7-10-3/h9-10H,4-8H2,1-3H3. The van der Waals surface area contributed by atoms with Gasteiger partial charge in [-0.3, -0.25) is 0 Å². The van der Waals surface area contributed by atoms with Crippen molar-refractivity contribution >= 4 is 11.8 Å². The molecule has 1 unspecified atom stereocenters. The highest BCUT2D eigenvalue weighted by atomic mass is 32.2. The minimum Gasteiger partial charge on any atom is -0.320 e. The lowest BCUT2D eigenvalue weighted by Crippen LogP contribution is -2.14. The third kappa shape index (κ3) is 6.70. The first-order valence-corrected chi connectivity index (χ1v) is 5.66. The Morgan fingerprint density at radius 3 is 2.55 bits per heavy atom. The molecule has 0 aromatic heterocycles. The van der Waals surface area contributed by atoms with Crippen molar-refractivity contribution < 1.29 is 0 Å². The van der Waals surface area contributed by atoms with Gasteiger partial charge in [0.1, 0.15) is 0 Å². The largest absolute Gasteiger partial charge is 0.320 e. The van der Waals surface area contributed by atoms with Crippen molar-refractivity contribution in [3.63, 3.8) is 0 Å². The summed E-state index contributed by atoms with van der Waals surface area (Å²) in [5, 5.41) is 4.07. The quantitative estimate of drug-likeness (QED) is 0.638. The van der Waals surface area contributed by atoms with Gasteiger partial charge in [-0.1, -0.05) is 13.8 Å². The molecule has 0 aliphatic carbocycles. The van der Waals surface area contributed by atoms with Crippen LogP contribution >= 0.6 is 11.8 Å². The van der Waals surface area contributed by atoms with E-state index in [0.717, 1.165) is 11.8 Å². The van der Waals surface area contributed by atoms with Crippen LogP contribution in [0.25, 0.3) is 0 Å². The summed E-state index contributed by atoms with van der Waals surface area (Å²) in [5.74, 6) is 1.32. The van der Waals surface area contributed by atoms with Crippen molar-refractivity contribution in [3.8, 4) is 0 Å². The summed E-state index contributed by atoms with van der Waals surface area (Å²) in [6, 6.07) is 0. The average Bonchev–Trinajstić information content (AvgIpc) is 2.05. The molecule has 0 aromatic rings. The van der Waals surface area contributed by atoms with E-state index in [-0.39, 0.29) is 0 Å². The second-order valence-electron chi connectivity index (χ2n) is 2.79. The van der Waals surface area contributed by atoms with E-state index >= 15 is 0 Å². The molecule has 0 spiro atoms. The van der Waals surface area contributed by atoms with Crippen LogP contribution in [0, 0.1) is 0 Å². The Morgan fingerprint density at radius 2 is 2.09 bits per heavy atom. The summed E-state index contributed by atoms with van der Waals surface area (Å²) in [7, 11) is 2.03. The zero-order valence-electron chi connectivity index (χ0n) is 8.02. The topological polar surface area (TPSA) is 12.0 Å². The highest BCUT2D eigenvalue weighted by molar-refractivity contribution is 7.99. The van der Waals surface area contributed by atoms with Gasteiger partial charge in [-0.05, 0) is 38.6 Å². The molecule has 2 heteroatoms. The molecule has 0 rings (SSSR count). The summed E-state index contributed by atoms with van der Waals surface area (Å²) in [6.07, 6.45) is 3.94. The first-order valence-electron chi connectivity index (χ1n) is 4.61. The molecule has 0 saturated carbocycles. The van der Waals surface area contributed by atoms with Crippen LogP contribution in [0.5, 0.6) is 0 Å².